The van der Waals surface area contributed by atoms with Crippen molar-refractivity contribution in [3.63, 3.8) is 0 Å². The number of furan rings is 1. The fourth-order valence-corrected chi connectivity index (χ4v) is 5.74. The molecular formula is C22H18Cl2FNO4S. The van der Waals surface area contributed by atoms with Gasteiger partial charge >= 0.3 is 0 Å². The number of nitrogens with zero attached hydrogens (tertiary/aromatic N) is 1. The van der Waals surface area contributed by atoms with E-state index in [4.69, 9.17) is 27.6 Å². The Labute approximate surface area is 189 Å². The van der Waals surface area contributed by atoms with Crippen LogP contribution in [0.2, 0.25) is 10.0 Å². The molecule has 0 bridgehead atoms. The quantitative estimate of drug-likeness (QED) is 0.500. The summed E-state index contributed by atoms with van der Waals surface area (Å²) in [6, 6.07) is 13.5. The molecule has 1 amide bonds. The molecule has 0 unspecified atom stereocenters. The maximum Gasteiger partial charge on any atom is 0.290 e. The Morgan fingerprint density at radius 2 is 1.90 bits per heavy atom. The summed E-state index contributed by atoms with van der Waals surface area (Å²) < 4.78 is 44.0. The molecule has 31 heavy (non-hydrogen) atoms. The molecule has 1 aliphatic heterocycles. The number of hydrogen-bond acceptors (Lipinski definition) is 4. The Hall–Kier alpha value is -2.35. The van der Waals surface area contributed by atoms with Crippen LogP contribution in [0.5, 0.6) is 0 Å². The Bertz CT molecular complexity index is 1240. The lowest BCUT2D eigenvalue weighted by molar-refractivity contribution is 0.0647. The molecule has 1 fully saturated rings. The van der Waals surface area contributed by atoms with Crippen LogP contribution in [0.15, 0.2) is 59.0 Å². The molecule has 4 rings (SSSR count). The molecule has 2 heterocycles. The third-order valence-corrected chi connectivity index (χ3v) is 7.53. The first kappa shape index (κ1) is 21.9. The van der Waals surface area contributed by atoms with Gasteiger partial charge in [-0.2, -0.15) is 0 Å². The summed E-state index contributed by atoms with van der Waals surface area (Å²) in [5, 5.41) is 0.865. The minimum atomic E-state index is -3.26. The molecule has 3 aromatic rings. The lowest BCUT2D eigenvalue weighted by atomic mass is 10.1. The van der Waals surface area contributed by atoms with Crippen LogP contribution in [0.3, 0.4) is 0 Å². The van der Waals surface area contributed by atoms with Crippen LogP contribution in [-0.2, 0) is 16.4 Å². The van der Waals surface area contributed by atoms with E-state index in [0.29, 0.717) is 26.9 Å². The topological polar surface area (TPSA) is 67.6 Å². The second kappa shape index (κ2) is 8.65. The maximum absolute atomic E-state index is 14.3. The van der Waals surface area contributed by atoms with E-state index in [1.165, 1.54) is 17.0 Å². The fraction of sp³-hybridized carbons (Fsp3) is 0.227. The van der Waals surface area contributed by atoms with E-state index >= 15 is 0 Å². The van der Waals surface area contributed by atoms with Gasteiger partial charge in [-0.05, 0) is 42.8 Å². The van der Waals surface area contributed by atoms with Gasteiger partial charge in [-0.1, -0.05) is 41.4 Å². The molecule has 1 saturated heterocycles. The first-order valence-corrected chi connectivity index (χ1v) is 12.1. The van der Waals surface area contributed by atoms with Crippen LogP contribution in [-0.4, -0.2) is 36.8 Å². The predicted octanol–water partition coefficient (Wildman–Crippen LogP) is 5.22. The smallest absolute Gasteiger partial charge is 0.290 e. The van der Waals surface area contributed by atoms with Gasteiger partial charge in [-0.25, -0.2) is 12.8 Å². The van der Waals surface area contributed by atoms with Crippen molar-refractivity contribution in [2.24, 2.45) is 0 Å². The minimum absolute atomic E-state index is 0.00618. The number of halogens is 3. The van der Waals surface area contributed by atoms with E-state index in [-0.39, 0.29) is 30.2 Å². The Balaban J connectivity index is 1.67. The van der Waals surface area contributed by atoms with Gasteiger partial charge in [0, 0.05) is 28.7 Å². The summed E-state index contributed by atoms with van der Waals surface area (Å²) >= 11 is 12.3. The molecule has 0 aliphatic carbocycles. The Morgan fingerprint density at radius 1 is 1.13 bits per heavy atom. The number of hydrogen-bond donors (Lipinski definition) is 0. The standard InChI is InChI=1S/C22H18Cl2FNO4S/c23-15-5-6-18(24)17(11-15)20-7-8-21(30-20)22(27)26(16-9-10-31(28,29)13-16)12-14-3-1-2-4-19(14)25/h1-8,11,16H,9-10,12-13H2/t16-/m1/s1. The van der Waals surface area contributed by atoms with Crippen molar-refractivity contribution in [3.8, 4) is 11.3 Å². The molecule has 9 heteroatoms. The van der Waals surface area contributed by atoms with Crippen LogP contribution in [0.25, 0.3) is 11.3 Å². The zero-order valence-corrected chi connectivity index (χ0v) is 18.6. The van der Waals surface area contributed by atoms with Gasteiger partial charge in [0.25, 0.3) is 5.91 Å². The van der Waals surface area contributed by atoms with Crippen molar-refractivity contribution >= 4 is 38.9 Å². The second-order valence-corrected chi connectivity index (χ2v) is 10.4. The van der Waals surface area contributed by atoms with E-state index in [2.05, 4.69) is 0 Å². The van der Waals surface area contributed by atoms with Gasteiger partial charge < -0.3 is 9.32 Å². The lowest BCUT2D eigenvalue weighted by Gasteiger charge is -2.27. The lowest BCUT2D eigenvalue weighted by Crippen LogP contribution is -2.40. The molecule has 5 nitrogen and oxygen atoms in total. The van der Waals surface area contributed by atoms with E-state index in [0.717, 1.165) is 0 Å². The van der Waals surface area contributed by atoms with E-state index in [1.807, 2.05) is 0 Å². The average molecular weight is 482 g/mol. The first-order valence-electron chi connectivity index (χ1n) is 9.53. The summed E-state index contributed by atoms with van der Waals surface area (Å²) in [5.41, 5.74) is 0.821. The number of carbonyl (C=O) groups is 1. The SMILES string of the molecule is O=C(c1ccc(-c2cc(Cl)ccc2Cl)o1)N(Cc1ccccc1F)[C@@H]1CCS(=O)(=O)C1. The van der Waals surface area contributed by atoms with Gasteiger partial charge in [-0.15, -0.1) is 0 Å². The van der Waals surface area contributed by atoms with E-state index < -0.39 is 27.6 Å². The third-order valence-electron chi connectivity index (χ3n) is 5.22. The predicted molar refractivity (Wildman–Crippen MR) is 117 cm³/mol. The van der Waals surface area contributed by atoms with Crippen LogP contribution in [0, 0.1) is 5.82 Å². The molecule has 0 saturated carbocycles. The summed E-state index contributed by atoms with van der Waals surface area (Å²) in [4.78, 5) is 14.7. The zero-order chi connectivity index (χ0) is 22.2. The Kier molecular flexibility index (Phi) is 6.10. The van der Waals surface area contributed by atoms with Crippen molar-refractivity contribution in [1.82, 2.24) is 4.90 Å². The molecule has 0 N–H and O–H groups in total. The molecule has 162 valence electrons. The molecule has 0 radical (unpaired) electrons. The summed E-state index contributed by atoms with van der Waals surface area (Å²) in [6.07, 6.45) is 0.288. The van der Waals surface area contributed by atoms with E-state index in [1.54, 1.807) is 42.5 Å². The van der Waals surface area contributed by atoms with Crippen LogP contribution in [0.4, 0.5) is 4.39 Å². The summed E-state index contributed by atoms with van der Waals surface area (Å²) in [7, 11) is -3.26. The first-order chi connectivity index (χ1) is 14.7. The average Bonchev–Trinajstić information content (AvgIpc) is 3.35. The molecule has 1 aliphatic rings. The maximum atomic E-state index is 14.3. The number of benzene rings is 2. The monoisotopic (exact) mass is 481 g/mol. The van der Waals surface area contributed by atoms with E-state index in [9.17, 15) is 17.6 Å². The van der Waals surface area contributed by atoms with Crippen molar-refractivity contribution in [2.75, 3.05) is 11.5 Å². The zero-order valence-electron chi connectivity index (χ0n) is 16.2. The van der Waals surface area contributed by atoms with Gasteiger partial charge in [0.1, 0.15) is 11.6 Å². The number of amides is 1. The summed E-state index contributed by atoms with van der Waals surface area (Å²) in [6.45, 7) is -0.0698. The molecule has 1 aromatic heterocycles. The largest absolute Gasteiger partial charge is 0.451 e. The number of sulfone groups is 1. The minimum Gasteiger partial charge on any atom is -0.451 e. The number of rotatable bonds is 5. The van der Waals surface area contributed by atoms with Crippen LogP contribution in [0.1, 0.15) is 22.5 Å². The second-order valence-electron chi connectivity index (χ2n) is 7.37. The van der Waals surface area contributed by atoms with Crippen LogP contribution >= 0.6 is 23.2 Å². The van der Waals surface area contributed by atoms with Gasteiger partial charge in [0.2, 0.25) is 0 Å². The molecule has 0 spiro atoms. The highest BCUT2D eigenvalue weighted by Gasteiger charge is 2.36. The van der Waals surface area contributed by atoms with Gasteiger partial charge in [-0.3, -0.25) is 4.79 Å². The highest BCUT2D eigenvalue weighted by molar-refractivity contribution is 7.91. The number of carbonyl (C=O) groups excluding carboxylic acids is 1. The van der Waals surface area contributed by atoms with Crippen molar-refractivity contribution in [3.05, 3.63) is 81.8 Å². The highest BCUT2D eigenvalue weighted by atomic mass is 35.5. The fourth-order valence-electron chi connectivity index (χ4n) is 3.62. The summed E-state index contributed by atoms with van der Waals surface area (Å²) in [5.74, 6) is -0.810. The third kappa shape index (κ3) is 4.79. The van der Waals surface area contributed by atoms with Crippen LogP contribution < -0.4 is 0 Å². The highest BCUT2D eigenvalue weighted by Crippen LogP contribution is 2.33. The van der Waals surface area contributed by atoms with Gasteiger partial charge in [0.05, 0.1) is 16.5 Å². The molecule has 1 atom stereocenters. The van der Waals surface area contributed by atoms with Crippen molar-refractivity contribution in [1.29, 1.82) is 0 Å². The normalized spacial score (nSPS) is 17.6. The molecular weight excluding hydrogens is 464 g/mol. The van der Waals surface area contributed by atoms with Gasteiger partial charge in [0.15, 0.2) is 15.6 Å². The van der Waals surface area contributed by atoms with Crippen molar-refractivity contribution < 1.29 is 22.0 Å². The Morgan fingerprint density at radius 3 is 2.61 bits per heavy atom. The molecule has 2 aromatic carbocycles. The van der Waals surface area contributed by atoms with Crippen molar-refractivity contribution in [2.45, 2.75) is 19.0 Å².